The summed E-state index contributed by atoms with van der Waals surface area (Å²) in [4.78, 5) is 2.44. The first-order valence-corrected chi connectivity index (χ1v) is 7.30. The Morgan fingerprint density at radius 3 is 2.30 bits per heavy atom. The Morgan fingerprint density at radius 1 is 1.00 bits per heavy atom. The van der Waals surface area contributed by atoms with Gasteiger partial charge in [-0.15, -0.1) is 0 Å². The molecule has 0 atom stereocenters. The van der Waals surface area contributed by atoms with Crippen molar-refractivity contribution in [3.05, 3.63) is 64.7 Å². The van der Waals surface area contributed by atoms with Crippen molar-refractivity contribution in [1.82, 2.24) is 4.90 Å². The first-order chi connectivity index (χ1) is 9.72. The Bertz CT molecular complexity index is 579. The van der Waals surface area contributed by atoms with Gasteiger partial charge < -0.3 is 5.11 Å². The number of phenolic OH excluding ortho intramolecular Hbond substituents is 1. The number of phenols is 1. The Labute approximate surface area is 120 Å². The van der Waals surface area contributed by atoms with E-state index >= 15 is 0 Å². The van der Waals surface area contributed by atoms with Gasteiger partial charge in [0.1, 0.15) is 5.75 Å². The molecule has 2 aromatic rings. The van der Waals surface area contributed by atoms with Crippen LogP contribution in [0.3, 0.4) is 0 Å². The summed E-state index contributed by atoms with van der Waals surface area (Å²) in [6, 6.07) is 14.6. The summed E-state index contributed by atoms with van der Waals surface area (Å²) in [7, 11) is 0. The lowest BCUT2D eigenvalue weighted by Gasteiger charge is -2.20. The van der Waals surface area contributed by atoms with Gasteiger partial charge in [0.2, 0.25) is 0 Å². The summed E-state index contributed by atoms with van der Waals surface area (Å²) in [5.74, 6) is 0.414. The molecule has 0 radical (unpaired) electrons. The van der Waals surface area contributed by atoms with Gasteiger partial charge in [-0.05, 0) is 37.0 Å². The van der Waals surface area contributed by atoms with Crippen molar-refractivity contribution in [3.63, 3.8) is 0 Å². The molecule has 20 heavy (non-hydrogen) atoms. The van der Waals surface area contributed by atoms with E-state index in [0.717, 1.165) is 38.0 Å². The first kappa shape index (κ1) is 13.2. The van der Waals surface area contributed by atoms with Crippen molar-refractivity contribution in [2.75, 3.05) is 13.1 Å². The quantitative estimate of drug-likeness (QED) is 0.902. The molecule has 3 rings (SSSR count). The van der Waals surface area contributed by atoms with E-state index in [1.807, 2.05) is 6.07 Å². The topological polar surface area (TPSA) is 23.5 Å². The molecule has 0 fully saturated rings. The summed E-state index contributed by atoms with van der Waals surface area (Å²) < 4.78 is 0. The number of nitrogens with zero attached hydrogens (tertiary/aromatic N) is 1. The molecule has 1 aliphatic rings. The van der Waals surface area contributed by atoms with E-state index < -0.39 is 0 Å². The fourth-order valence-electron chi connectivity index (χ4n) is 2.95. The number of aromatic hydroxyl groups is 1. The summed E-state index contributed by atoms with van der Waals surface area (Å²) in [6.45, 7) is 5.03. The number of fused-ring (bicyclic) bond motifs is 1. The zero-order valence-corrected chi connectivity index (χ0v) is 12.0. The monoisotopic (exact) mass is 267 g/mol. The first-order valence-electron chi connectivity index (χ1n) is 7.30. The van der Waals surface area contributed by atoms with E-state index in [9.17, 15) is 5.11 Å². The molecular formula is C18H21NO. The van der Waals surface area contributed by atoms with Gasteiger partial charge in [0.05, 0.1) is 0 Å². The number of hydrogen-bond acceptors (Lipinski definition) is 2. The molecule has 0 spiro atoms. The maximum atomic E-state index is 9.98. The van der Waals surface area contributed by atoms with Crippen LogP contribution >= 0.6 is 0 Å². The number of rotatable bonds is 2. The zero-order valence-electron chi connectivity index (χ0n) is 12.0. The second kappa shape index (κ2) is 5.68. The third-order valence-electron chi connectivity index (χ3n) is 4.14. The fourth-order valence-corrected chi connectivity index (χ4v) is 2.95. The van der Waals surface area contributed by atoms with Crippen LogP contribution in [0.4, 0.5) is 0 Å². The highest BCUT2D eigenvalue weighted by atomic mass is 16.3. The van der Waals surface area contributed by atoms with Crippen LogP contribution in [0.5, 0.6) is 5.75 Å². The molecule has 0 bridgehead atoms. The largest absolute Gasteiger partial charge is 0.508 e. The predicted molar refractivity (Wildman–Crippen MR) is 82.0 cm³/mol. The van der Waals surface area contributed by atoms with Crippen molar-refractivity contribution >= 4 is 0 Å². The molecule has 0 saturated carbocycles. The molecular weight excluding hydrogens is 246 g/mol. The van der Waals surface area contributed by atoms with Crippen molar-refractivity contribution < 1.29 is 5.11 Å². The van der Waals surface area contributed by atoms with Gasteiger partial charge in [0, 0.05) is 25.2 Å². The van der Waals surface area contributed by atoms with E-state index in [1.54, 1.807) is 6.07 Å². The summed E-state index contributed by atoms with van der Waals surface area (Å²) in [5.41, 5.74) is 5.19. The lowest BCUT2D eigenvalue weighted by Crippen LogP contribution is -2.26. The normalized spacial score (nSPS) is 15.7. The third-order valence-corrected chi connectivity index (χ3v) is 4.14. The SMILES string of the molecule is Cc1ccc(O)c(CN2CCc3ccccc3CC2)c1. The van der Waals surface area contributed by atoms with Crippen LogP contribution in [-0.2, 0) is 19.4 Å². The van der Waals surface area contributed by atoms with Crippen LogP contribution in [0.1, 0.15) is 22.3 Å². The second-order valence-electron chi connectivity index (χ2n) is 5.68. The molecule has 1 heterocycles. The fraction of sp³-hybridized carbons (Fsp3) is 0.333. The van der Waals surface area contributed by atoms with Gasteiger partial charge >= 0.3 is 0 Å². The summed E-state index contributed by atoms with van der Waals surface area (Å²) in [6.07, 6.45) is 2.20. The van der Waals surface area contributed by atoms with Gasteiger partial charge in [-0.2, -0.15) is 0 Å². The van der Waals surface area contributed by atoms with Crippen LogP contribution in [0.15, 0.2) is 42.5 Å². The van der Waals surface area contributed by atoms with Crippen molar-refractivity contribution in [2.45, 2.75) is 26.3 Å². The average Bonchev–Trinajstić information content (AvgIpc) is 2.66. The molecule has 0 aliphatic carbocycles. The lowest BCUT2D eigenvalue weighted by molar-refractivity contribution is 0.275. The highest BCUT2D eigenvalue weighted by molar-refractivity contribution is 5.36. The van der Waals surface area contributed by atoms with Crippen LogP contribution in [-0.4, -0.2) is 23.1 Å². The van der Waals surface area contributed by atoms with E-state index in [0.29, 0.717) is 5.75 Å². The van der Waals surface area contributed by atoms with Crippen LogP contribution < -0.4 is 0 Å². The van der Waals surface area contributed by atoms with Gasteiger partial charge in [-0.1, -0.05) is 42.0 Å². The Morgan fingerprint density at radius 2 is 1.65 bits per heavy atom. The Hall–Kier alpha value is -1.80. The molecule has 0 amide bonds. The maximum Gasteiger partial charge on any atom is 0.120 e. The zero-order chi connectivity index (χ0) is 13.9. The van der Waals surface area contributed by atoms with E-state index in [4.69, 9.17) is 0 Å². The third kappa shape index (κ3) is 2.86. The lowest BCUT2D eigenvalue weighted by atomic mass is 10.0. The summed E-state index contributed by atoms with van der Waals surface area (Å²) in [5, 5.41) is 9.98. The number of benzene rings is 2. The second-order valence-corrected chi connectivity index (χ2v) is 5.68. The van der Waals surface area contributed by atoms with E-state index in [1.165, 1.54) is 16.7 Å². The molecule has 1 N–H and O–H groups in total. The minimum atomic E-state index is 0.414. The van der Waals surface area contributed by atoms with Crippen molar-refractivity contribution in [1.29, 1.82) is 0 Å². The van der Waals surface area contributed by atoms with Crippen molar-refractivity contribution in [2.24, 2.45) is 0 Å². The molecule has 0 aromatic heterocycles. The molecule has 1 aliphatic heterocycles. The average molecular weight is 267 g/mol. The van der Waals surface area contributed by atoms with Gasteiger partial charge in [-0.25, -0.2) is 0 Å². The molecule has 2 aromatic carbocycles. The minimum Gasteiger partial charge on any atom is -0.508 e. The molecule has 0 unspecified atom stereocenters. The molecule has 2 nitrogen and oxygen atoms in total. The van der Waals surface area contributed by atoms with Crippen LogP contribution in [0, 0.1) is 6.92 Å². The van der Waals surface area contributed by atoms with Crippen LogP contribution in [0.25, 0.3) is 0 Å². The van der Waals surface area contributed by atoms with Gasteiger partial charge in [0.25, 0.3) is 0 Å². The van der Waals surface area contributed by atoms with E-state index in [-0.39, 0.29) is 0 Å². The minimum absolute atomic E-state index is 0.414. The maximum absolute atomic E-state index is 9.98. The van der Waals surface area contributed by atoms with Gasteiger partial charge in [0.15, 0.2) is 0 Å². The predicted octanol–water partition coefficient (Wildman–Crippen LogP) is 3.30. The molecule has 0 saturated heterocycles. The summed E-state index contributed by atoms with van der Waals surface area (Å²) >= 11 is 0. The van der Waals surface area contributed by atoms with Crippen molar-refractivity contribution in [3.8, 4) is 5.75 Å². The van der Waals surface area contributed by atoms with Gasteiger partial charge in [-0.3, -0.25) is 4.90 Å². The highest BCUT2D eigenvalue weighted by Crippen LogP contribution is 2.22. The smallest absolute Gasteiger partial charge is 0.120 e. The van der Waals surface area contributed by atoms with Crippen LogP contribution in [0.2, 0.25) is 0 Å². The Balaban J connectivity index is 1.73. The Kier molecular flexibility index (Phi) is 3.75. The van der Waals surface area contributed by atoms with E-state index in [2.05, 4.69) is 42.2 Å². The molecule has 104 valence electrons. The number of aryl methyl sites for hydroxylation is 1. The molecule has 2 heteroatoms. The number of hydrogen-bond donors (Lipinski definition) is 1. The highest BCUT2D eigenvalue weighted by Gasteiger charge is 2.14. The standard InChI is InChI=1S/C18H21NO/c1-14-6-7-18(20)17(12-14)13-19-10-8-15-4-2-3-5-16(15)9-11-19/h2-7,12,20H,8-11,13H2,1H3.